The van der Waals surface area contributed by atoms with Crippen molar-refractivity contribution >= 4 is 0 Å². The van der Waals surface area contributed by atoms with Crippen molar-refractivity contribution < 1.29 is 0 Å². The fourth-order valence-corrected chi connectivity index (χ4v) is 2.38. The zero-order chi connectivity index (χ0) is 10.4. The van der Waals surface area contributed by atoms with Crippen LogP contribution in [0.1, 0.15) is 39.5 Å². The van der Waals surface area contributed by atoms with Crippen LogP contribution in [0.25, 0.3) is 0 Å². The summed E-state index contributed by atoms with van der Waals surface area (Å²) < 4.78 is 0. The molecule has 14 heavy (non-hydrogen) atoms. The van der Waals surface area contributed by atoms with E-state index in [9.17, 15) is 0 Å². The third-order valence-electron chi connectivity index (χ3n) is 3.59. The van der Waals surface area contributed by atoms with Gasteiger partial charge in [0, 0.05) is 6.04 Å². The van der Waals surface area contributed by atoms with Crippen molar-refractivity contribution in [3.8, 4) is 0 Å². The number of rotatable bonds is 5. The van der Waals surface area contributed by atoms with Gasteiger partial charge in [0.15, 0.2) is 0 Å². The van der Waals surface area contributed by atoms with E-state index >= 15 is 0 Å². The van der Waals surface area contributed by atoms with Crippen LogP contribution < -0.4 is 0 Å². The van der Waals surface area contributed by atoms with Crippen LogP contribution in [0.3, 0.4) is 0 Å². The number of hydrogen-bond donors (Lipinski definition) is 0. The summed E-state index contributed by atoms with van der Waals surface area (Å²) in [5, 5.41) is 0. The van der Waals surface area contributed by atoms with E-state index in [1.54, 1.807) is 0 Å². The molecule has 0 aromatic heterocycles. The van der Waals surface area contributed by atoms with Gasteiger partial charge < -0.3 is 9.80 Å². The molecule has 1 unspecified atom stereocenters. The lowest BCUT2D eigenvalue weighted by Crippen LogP contribution is -2.39. The van der Waals surface area contributed by atoms with Crippen LogP contribution in [-0.2, 0) is 0 Å². The van der Waals surface area contributed by atoms with Gasteiger partial charge in [0.05, 0.1) is 0 Å². The highest BCUT2D eigenvalue weighted by atomic mass is 15.2. The van der Waals surface area contributed by atoms with Crippen molar-refractivity contribution in [3.63, 3.8) is 0 Å². The highest BCUT2D eigenvalue weighted by molar-refractivity contribution is 4.75. The highest BCUT2D eigenvalue weighted by Crippen LogP contribution is 2.17. The largest absolute Gasteiger partial charge is 0.304 e. The Morgan fingerprint density at radius 3 is 2.50 bits per heavy atom. The molecule has 0 radical (unpaired) electrons. The van der Waals surface area contributed by atoms with E-state index in [0.29, 0.717) is 0 Å². The minimum absolute atomic E-state index is 0.851. The van der Waals surface area contributed by atoms with Crippen molar-refractivity contribution in [3.05, 3.63) is 0 Å². The first-order valence-electron chi connectivity index (χ1n) is 6.20. The average molecular weight is 198 g/mol. The van der Waals surface area contributed by atoms with Gasteiger partial charge >= 0.3 is 0 Å². The standard InChI is InChI=1S/C12H26N2/c1-4-14(5-2)11-9-12-8-6-7-10-13(12)3/h12H,4-11H2,1-3H3. The Balaban J connectivity index is 2.21. The molecule has 1 saturated heterocycles. The first kappa shape index (κ1) is 12.0. The highest BCUT2D eigenvalue weighted by Gasteiger charge is 2.18. The molecule has 1 atom stereocenters. The Labute approximate surface area is 89.3 Å². The summed E-state index contributed by atoms with van der Waals surface area (Å²) in [7, 11) is 2.28. The quantitative estimate of drug-likeness (QED) is 0.668. The molecule has 1 heterocycles. The molecule has 0 spiro atoms. The SMILES string of the molecule is CCN(CC)CCC1CCCCN1C. The molecule has 0 bridgehead atoms. The Morgan fingerprint density at radius 2 is 1.93 bits per heavy atom. The van der Waals surface area contributed by atoms with Gasteiger partial charge in [0.1, 0.15) is 0 Å². The molecule has 1 aliphatic rings. The van der Waals surface area contributed by atoms with E-state index in [1.807, 2.05) is 0 Å². The second-order valence-electron chi connectivity index (χ2n) is 4.45. The Hall–Kier alpha value is -0.0800. The van der Waals surface area contributed by atoms with Gasteiger partial charge in [-0.1, -0.05) is 20.3 Å². The molecule has 0 saturated carbocycles. The van der Waals surface area contributed by atoms with Gasteiger partial charge in [-0.3, -0.25) is 0 Å². The summed E-state index contributed by atoms with van der Waals surface area (Å²) in [6.07, 6.45) is 5.61. The maximum atomic E-state index is 2.55. The van der Waals surface area contributed by atoms with E-state index < -0.39 is 0 Å². The van der Waals surface area contributed by atoms with Crippen molar-refractivity contribution in [2.24, 2.45) is 0 Å². The van der Waals surface area contributed by atoms with E-state index in [1.165, 1.54) is 51.9 Å². The Morgan fingerprint density at radius 1 is 1.21 bits per heavy atom. The third kappa shape index (κ3) is 3.58. The maximum absolute atomic E-state index is 2.55. The second kappa shape index (κ2) is 6.41. The first-order chi connectivity index (χ1) is 6.77. The lowest BCUT2D eigenvalue weighted by atomic mass is 10.00. The molecule has 0 aromatic rings. The van der Waals surface area contributed by atoms with Crippen molar-refractivity contribution in [2.45, 2.75) is 45.6 Å². The lowest BCUT2D eigenvalue weighted by molar-refractivity contribution is 0.157. The van der Waals surface area contributed by atoms with Gasteiger partial charge in [-0.2, -0.15) is 0 Å². The van der Waals surface area contributed by atoms with Gasteiger partial charge in [0.2, 0.25) is 0 Å². The lowest BCUT2D eigenvalue weighted by Gasteiger charge is -2.33. The normalized spacial score (nSPS) is 24.4. The molecule has 0 aliphatic carbocycles. The minimum Gasteiger partial charge on any atom is -0.304 e. The molecule has 84 valence electrons. The van der Waals surface area contributed by atoms with Crippen molar-refractivity contribution in [2.75, 3.05) is 33.2 Å². The summed E-state index contributed by atoms with van der Waals surface area (Å²) in [6, 6.07) is 0.851. The van der Waals surface area contributed by atoms with Crippen LogP contribution in [0.15, 0.2) is 0 Å². The van der Waals surface area contributed by atoms with Gasteiger partial charge in [-0.05, 0) is 52.5 Å². The fraction of sp³-hybridized carbons (Fsp3) is 1.00. The molecule has 1 aliphatic heterocycles. The topological polar surface area (TPSA) is 6.48 Å². The first-order valence-corrected chi connectivity index (χ1v) is 6.20. The summed E-state index contributed by atoms with van der Waals surface area (Å²) in [4.78, 5) is 5.08. The maximum Gasteiger partial charge on any atom is 0.0104 e. The zero-order valence-electron chi connectivity index (χ0n) is 10.1. The van der Waals surface area contributed by atoms with Crippen LogP contribution in [-0.4, -0.2) is 49.1 Å². The molecule has 1 rings (SSSR count). The van der Waals surface area contributed by atoms with Crippen LogP contribution in [0, 0.1) is 0 Å². The predicted octanol–water partition coefficient (Wildman–Crippen LogP) is 2.20. The molecule has 2 nitrogen and oxygen atoms in total. The predicted molar refractivity (Wildman–Crippen MR) is 62.7 cm³/mol. The Bertz CT molecular complexity index is 143. The minimum atomic E-state index is 0.851. The average Bonchev–Trinajstić information content (AvgIpc) is 2.22. The van der Waals surface area contributed by atoms with E-state index in [4.69, 9.17) is 0 Å². The Kier molecular flexibility index (Phi) is 5.49. The summed E-state index contributed by atoms with van der Waals surface area (Å²) in [5.41, 5.74) is 0. The van der Waals surface area contributed by atoms with E-state index in [2.05, 4.69) is 30.7 Å². The monoisotopic (exact) mass is 198 g/mol. The van der Waals surface area contributed by atoms with Crippen LogP contribution in [0.4, 0.5) is 0 Å². The van der Waals surface area contributed by atoms with Gasteiger partial charge in [-0.25, -0.2) is 0 Å². The summed E-state index contributed by atoms with van der Waals surface area (Å²) in [5.74, 6) is 0. The van der Waals surface area contributed by atoms with Crippen LogP contribution >= 0.6 is 0 Å². The van der Waals surface area contributed by atoms with Crippen molar-refractivity contribution in [1.29, 1.82) is 0 Å². The van der Waals surface area contributed by atoms with Crippen LogP contribution in [0.2, 0.25) is 0 Å². The number of piperidine rings is 1. The van der Waals surface area contributed by atoms with E-state index in [-0.39, 0.29) is 0 Å². The molecular weight excluding hydrogens is 172 g/mol. The summed E-state index contributed by atoms with van der Waals surface area (Å²) >= 11 is 0. The summed E-state index contributed by atoms with van der Waals surface area (Å²) in [6.45, 7) is 9.51. The van der Waals surface area contributed by atoms with Crippen molar-refractivity contribution in [1.82, 2.24) is 9.80 Å². The number of likely N-dealkylation sites (tertiary alicyclic amines) is 1. The van der Waals surface area contributed by atoms with Gasteiger partial charge in [0.25, 0.3) is 0 Å². The molecular formula is C12H26N2. The molecule has 0 amide bonds. The fourth-order valence-electron chi connectivity index (χ4n) is 2.38. The number of hydrogen-bond acceptors (Lipinski definition) is 2. The second-order valence-corrected chi connectivity index (χ2v) is 4.45. The van der Waals surface area contributed by atoms with Crippen LogP contribution in [0.5, 0.6) is 0 Å². The van der Waals surface area contributed by atoms with E-state index in [0.717, 1.165) is 6.04 Å². The molecule has 2 heteroatoms. The third-order valence-corrected chi connectivity index (χ3v) is 3.59. The van der Waals surface area contributed by atoms with Gasteiger partial charge in [-0.15, -0.1) is 0 Å². The molecule has 1 fully saturated rings. The smallest absolute Gasteiger partial charge is 0.0104 e. The molecule has 0 N–H and O–H groups in total. The molecule has 0 aromatic carbocycles. The zero-order valence-corrected chi connectivity index (χ0v) is 10.1. The number of nitrogens with zero attached hydrogens (tertiary/aromatic N) is 2.